The van der Waals surface area contributed by atoms with Crippen LogP contribution in [0.1, 0.15) is 26.3 Å². The molecule has 1 rings (SSSR count). The van der Waals surface area contributed by atoms with Crippen LogP contribution in [0.15, 0.2) is 45.7 Å². The number of halogens is 4. The highest BCUT2D eigenvalue weighted by Crippen LogP contribution is 2.31. The summed E-state index contributed by atoms with van der Waals surface area (Å²) in [5.74, 6) is -4.51. The molecule has 0 aromatic heterocycles. The molecule has 0 fully saturated rings. The van der Waals surface area contributed by atoms with Crippen molar-refractivity contribution in [2.75, 3.05) is 11.5 Å². The highest BCUT2D eigenvalue weighted by Gasteiger charge is 2.26. The van der Waals surface area contributed by atoms with Crippen molar-refractivity contribution < 1.29 is 27.6 Å². The molecule has 0 spiro atoms. The van der Waals surface area contributed by atoms with Crippen molar-refractivity contribution in [2.45, 2.75) is 26.7 Å². The maximum absolute atomic E-state index is 14.5. The predicted molar refractivity (Wildman–Crippen MR) is 100 cm³/mol. The first kappa shape index (κ1) is 22.6. The molecule has 1 aromatic rings. The number of oxime groups is 1. The SMILES string of the molecule is C=C(/C=C(\C)C(C)(F)F)N(C(C)=O)c1cc(/C=N/OCC=O)c(Br)cc1F. The molecule has 0 unspecified atom stereocenters. The Labute approximate surface area is 163 Å². The monoisotopic (exact) mass is 446 g/mol. The van der Waals surface area contributed by atoms with Crippen molar-refractivity contribution in [3.63, 3.8) is 0 Å². The second-order valence-electron chi connectivity index (χ2n) is 5.58. The van der Waals surface area contributed by atoms with Crippen molar-refractivity contribution >= 4 is 40.0 Å². The second-order valence-corrected chi connectivity index (χ2v) is 6.44. The second kappa shape index (κ2) is 9.50. The zero-order chi connectivity index (χ0) is 20.8. The van der Waals surface area contributed by atoms with Gasteiger partial charge in [-0.3, -0.25) is 14.5 Å². The molecule has 0 saturated heterocycles. The molecule has 0 atom stereocenters. The minimum atomic E-state index is -3.11. The zero-order valence-electron chi connectivity index (χ0n) is 14.9. The topological polar surface area (TPSA) is 59.0 Å². The van der Waals surface area contributed by atoms with Crippen molar-refractivity contribution in [1.82, 2.24) is 0 Å². The van der Waals surface area contributed by atoms with Crippen LogP contribution in [0.3, 0.4) is 0 Å². The number of carbonyl (C=O) groups excluding carboxylic acids is 2. The fourth-order valence-electron chi connectivity index (χ4n) is 1.96. The molecule has 9 heteroatoms. The number of anilines is 1. The fourth-order valence-corrected chi connectivity index (χ4v) is 2.38. The van der Waals surface area contributed by atoms with Crippen LogP contribution in [0.25, 0.3) is 0 Å². The van der Waals surface area contributed by atoms with Gasteiger partial charge in [0.15, 0.2) is 12.9 Å². The summed E-state index contributed by atoms with van der Waals surface area (Å²) in [5, 5.41) is 3.55. The quantitative estimate of drug-likeness (QED) is 0.192. The highest BCUT2D eigenvalue weighted by molar-refractivity contribution is 9.10. The van der Waals surface area contributed by atoms with E-state index >= 15 is 0 Å². The molecule has 0 aliphatic carbocycles. The largest absolute Gasteiger partial charge is 0.388 e. The summed E-state index contributed by atoms with van der Waals surface area (Å²) in [5.41, 5.74) is -0.322. The van der Waals surface area contributed by atoms with E-state index < -0.39 is 17.6 Å². The van der Waals surface area contributed by atoms with Gasteiger partial charge in [-0.2, -0.15) is 0 Å². The van der Waals surface area contributed by atoms with E-state index in [1.807, 2.05) is 0 Å². The molecule has 0 aliphatic rings. The van der Waals surface area contributed by atoms with E-state index in [9.17, 15) is 22.8 Å². The number of hydrogen-bond donors (Lipinski definition) is 0. The molecule has 1 aromatic carbocycles. The first-order chi connectivity index (χ1) is 12.5. The summed E-state index contributed by atoms with van der Waals surface area (Å²) in [6.07, 6.45) is 2.73. The Morgan fingerprint density at radius 2 is 2.04 bits per heavy atom. The molecular weight excluding hydrogens is 429 g/mol. The van der Waals surface area contributed by atoms with Crippen LogP contribution in [0.4, 0.5) is 18.9 Å². The van der Waals surface area contributed by atoms with Gasteiger partial charge < -0.3 is 4.84 Å². The number of benzene rings is 1. The van der Waals surface area contributed by atoms with Crippen molar-refractivity contribution in [2.24, 2.45) is 5.16 Å². The minimum Gasteiger partial charge on any atom is -0.388 e. The molecule has 0 heterocycles. The van der Waals surface area contributed by atoms with Crippen LogP contribution in [0, 0.1) is 5.82 Å². The van der Waals surface area contributed by atoms with Gasteiger partial charge >= 0.3 is 0 Å². The van der Waals surface area contributed by atoms with Gasteiger partial charge in [0.05, 0.1) is 11.9 Å². The van der Waals surface area contributed by atoms with E-state index in [2.05, 4.69) is 32.5 Å². The molecule has 5 nitrogen and oxygen atoms in total. The first-order valence-corrected chi connectivity index (χ1v) is 8.42. The van der Waals surface area contributed by atoms with E-state index in [1.165, 1.54) is 19.2 Å². The van der Waals surface area contributed by atoms with Crippen LogP contribution in [-0.4, -0.2) is 30.9 Å². The third kappa shape index (κ3) is 6.35. The lowest BCUT2D eigenvalue weighted by molar-refractivity contribution is -0.116. The Balaban J connectivity index is 3.36. The maximum atomic E-state index is 14.5. The van der Waals surface area contributed by atoms with Crippen molar-refractivity contribution in [3.8, 4) is 0 Å². The molecule has 0 saturated carbocycles. The van der Waals surface area contributed by atoms with E-state index in [-0.39, 0.29) is 23.6 Å². The average Bonchev–Trinajstić information content (AvgIpc) is 2.53. The van der Waals surface area contributed by atoms with Crippen molar-refractivity contribution in [1.29, 1.82) is 0 Å². The number of aldehydes is 1. The molecule has 0 aliphatic heterocycles. The Morgan fingerprint density at radius 3 is 2.56 bits per heavy atom. The number of amides is 1. The van der Waals surface area contributed by atoms with Gasteiger partial charge in [0.2, 0.25) is 5.91 Å². The van der Waals surface area contributed by atoms with Crippen LogP contribution in [0.2, 0.25) is 0 Å². The maximum Gasteiger partial charge on any atom is 0.266 e. The van der Waals surface area contributed by atoms with Gasteiger partial charge in [0, 0.05) is 29.6 Å². The number of allylic oxidation sites excluding steroid dienone is 2. The first-order valence-electron chi connectivity index (χ1n) is 7.63. The van der Waals surface area contributed by atoms with Gasteiger partial charge in [-0.15, -0.1) is 0 Å². The molecule has 0 bridgehead atoms. The number of alkyl halides is 2. The van der Waals surface area contributed by atoms with Gasteiger partial charge in [0.25, 0.3) is 5.92 Å². The van der Waals surface area contributed by atoms with Crippen LogP contribution in [-0.2, 0) is 14.4 Å². The lowest BCUT2D eigenvalue weighted by atomic mass is 10.1. The molecule has 1 amide bonds. The van der Waals surface area contributed by atoms with E-state index in [1.54, 1.807) is 0 Å². The summed E-state index contributed by atoms with van der Waals surface area (Å²) in [7, 11) is 0. The third-order valence-corrected chi connectivity index (χ3v) is 4.08. The number of carbonyl (C=O) groups is 2. The van der Waals surface area contributed by atoms with E-state index in [0.29, 0.717) is 23.2 Å². The Morgan fingerprint density at radius 1 is 1.41 bits per heavy atom. The van der Waals surface area contributed by atoms with E-state index in [4.69, 9.17) is 0 Å². The van der Waals surface area contributed by atoms with Gasteiger partial charge in [-0.25, -0.2) is 13.2 Å². The van der Waals surface area contributed by atoms with Crippen LogP contribution < -0.4 is 4.90 Å². The summed E-state index contributed by atoms with van der Waals surface area (Å²) in [4.78, 5) is 27.8. The standard InChI is InChI=1S/C18H18BrF3N2O3/c1-11(18(4,21)22)7-12(2)24(13(3)26)17-8-14(10-23-27-6-5-25)15(19)9-16(17)20/h5,7-10H,2,6H2,1,3-4H3/b11-7+,23-10+. The summed E-state index contributed by atoms with van der Waals surface area (Å²) in [6, 6.07) is 2.36. The molecule has 0 radical (unpaired) electrons. The fraction of sp³-hybridized carbons (Fsp3) is 0.278. The normalized spacial score (nSPS) is 12.2. The average molecular weight is 447 g/mol. The number of nitrogens with zero attached hydrogens (tertiary/aromatic N) is 2. The third-order valence-electron chi connectivity index (χ3n) is 3.39. The minimum absolute atomic E-state index is 0.122. The van der Waals surface area contributed by atoms with Gasteiger partial charge in [-0.05, 0) is 30.7 Å². The van der Waals surface area contributed by atoms with Crippen molar-refractivity contribution in [3.05, 3.63) is 51.9 Å². The van der Waals surface area contributed by atoms with Gasteiger partial charge in [0.1, 0.15) is 5.82 Å². The summed E-state index contributed by atoms with van der Waals surface area (Å²) in [6.45, 7) is 6.39. The van der Waals surface area contributed by atoms with Crippen LogP contribution >= 0.6 is 15.9 Å². The Kier molecular flexibility index (Phi) is 7.96. The molecule has 146 valence electrons. The smallest absolute Gasteiger partial charge is 0.266 e. The lowest BCUT2D eigenvalue weighted by Crippen LogP contribution is -2.28. The number of rotatable bonds is 8. The molecule has 27 heavy (non-hydrogen) atoms. The summed E-state index contributed by atoms with van der Waals surface area (Å²) < 4.78 is 41.6. The summed E-state index contributed by atoms with van der Waals surface area (Å²) >= 11 is 3.15. The Hall–Kier alpha value is -2.42. The zero-order valence-corrected chi connectivity index (χ0v) is 16.5. The highest BCUT2D eigenvalue weighted by atomic mass is 79.9. The van der Waals surface area contributed by atoms with Gasteiger partial charge in [-0.1, -0.05) is 27.7 Å². The molecule has 0 N–H and O–H groups in total. The predicted octanol–water partition coefficient (Wildman–Crippen LogP) is 4.61. The Bertz CT molecular complexity index is 802. The van der Waals surface area contributed by atoms with E-state index in [0.717, 1.165) is 24.0 Å². The number of hydrogen-bond acceptors (Lipinski definition) is 4. The lowest BCUT2D eigenvalue weighted by Gasteiger charge is -2.24. The molecular formula is C18H18BrF3N2O3. The van der Waals surface area contributed by atoms with Crippen LogP contribution in [0.5, 0.6) is 0 Å².